The molecule has 90 valence electrons. The molecule has 0 amide bonds. The molecular formula is C16H16N2. The van der Waals surface area contributed by atoms with Gasteiger partial charge in [-0.2, -0.15) is 0 Å². The second kappa shape index (κ2) is 3.91. The molecule has 0 N–H and O–H groups in total. The molecular weight excluding hydrogens is 220 g/mol. The van der Waals surface area contributed by atoms with Crippen molar-refractivity contribution in [3.05, 3.63) is 66.6 Å². The van der Waals surface area contributed by atoms with E-state index in [1.165, 1.54) is 16.5 Å². The summed E-state index contributed by atoms with van der Waals surface area (Å²) in [4.78, 5) is 0. The summed E-state index contributed by atoms with van der Waals surface area (Å²) in [5.41, 5.74) is 4.66. The van der Waals surface area contributed by atoms with Crippen LogP contribution in [0, 0.1) is 0 Å². The van der Waals surface area contributed by atoms with E-state index >= 15 is 0 Å². The van der Waals surface area contributed by atoms with Crippen molar-refractivity contribution < 1.29 is 0 Å². The van der Waals surface area contributed by atoms with Crippen molar-refractivity contribution in [3.63, 3.8) is 0 Å². The first kappa shape index (κ1) is 10.9. The van der Waals surface area contributed by atoms with Crippen LogP contribution in [0.4, 0.5) is 0 Å². The van der Waals surface area contributed by atoms with Gasteiger partial charge in [0.15, 0.2) is 0 Å². The summed E-state index contributed by atoms with van der Waals surface area (Å²) in [5.74, 6) is 0. The molecule has 0 saturated heterocycles. The summed E-state index contributed by atoms with van der Waals surface area (Å²) in [7, 11) is 4.12. The zero-order valence-electron chi connectivity index (χ0n) is 10.7. The molecule has 3 rings (SSSR count). The topological polar surface area (TPSA) is 9.86 Å². The van der Waals surface area contributed by atoms with Crippen LogP contribution in [0.1, 0.15) is 11.3 Å². The Balaban J connectivity index is 2.24. The van der Waals surface area contributed by atoms with E-state index in [2.05, 4.69) is 59.3 Å². The molecule has 0 aliphatic heterocycles. The van der Waals surface area contributed by atoms with Gasteiger partial charge in [0.2, 0.25) is 0 Å². The van der Waals surface area contributed by atoms with Crippen LogP contribution in [0.2, 0.25) is 0 Å². The highest BCUT2D eigenvalue weighted by Crippen LogP contribution is 2.28. The molecule has 2 aromatic heterocycles. The van der Waals surface area contributed by atoms with E-state index in [-0.39, 0.29) is 0 Å². The molecule has 0 aliphatic rings. The molecule has 0 saturated carbocycles. The number of aromatic nitrogens is 2. The molecule has 0 atom stereocenters. The average Bonchev–Trinajstić information content (AvgIpc) is 2.95. The van der Waals surface area contributed by atoms with Crippen molar-refractivity contribution in [3.8, 4) is 0 Å². The van der Waals surface area contributed by atoms with Gasteiger partial charge >= 0.3 is 0 Å². The first-order valence-corrected chi connectivity index (χ1v) is 6.03. The third-order valence-corrected chi connectivity index (χ3v) is 3.48. The van der Waals surface area contributed by atoms with Gasteiger partial charge in [-0.15, -0.1) is 0 Å². The van der Waals surface area contributed by atoms with Crippen LogP contribution < -0.4 is 0 Å². The Morgan fingerprint density at radius 1 is 0.944 bits per heavy atom. The second-order valence-electron chi connectivity index (χ2n) is 4.65. The van der Waals surface area contributed by atoms with Crippen LogP contribution in [0.3, 0.4) is 0 Å². The van der Waals surface area contributed by atoms with Gasteiger partial charge < -0.3 is 9.13 Å². The van der Waals surface area contributed by atoms with Crippen LogP contribution in [0.5, 0.6) is 0 Å². The molecule has 3 aromatic rings. The summed E-state index contributed by atoms with van der Waals surface area (Å²) < 4.78 is 4.25. The standard InChI is InChI=1S/C16H16N2/c1-12(15-8-5-10-17(15)2)14-7-4-6-13-9-11-18(3)16(13)14/h4-11H,1H2,2-3H3. The minimum absolute atomic E-state index is 1.06. The maximum atomic E-state index is 4.26. The third-order valence-electron chi connectivity index (χ3n) is 3.48. The molecule has 2 heteroatoms. The van der Waals surface area contributed by atoms with Gasteiger partial charge in [-0.3, -0.25) is 0 Å². The Hall–Kier alpha value is -2.22. The van der Waals surface area contributed by atoms with E-state index in [1.807, 2.05) is 19.3 Å². The summed E-state index contributed by atoms with van der Waals surface area (Å²) in [6, 6.07) is 12.6. The van der Waals surface area contributed by atoms with Gasteiger partial charge in [0, 0.05) is 48.7 Å². The second-order valence-corrected chi connectivity index (χ2v) is 4.65. The van der Waals surface area contributed by atoms with Gasteiger partial charge in [0.25, 0.3) is 0 Å². The van der Waals surface area contributed by atoms with Gasteiger partial charge in [-0.25, -0.2) is 0 Å². The number of hydrogen-bond acceptors (Lipinski definition) is 0. The van der Waals surface area contributed by atoms with Crippen molar-refractivity contribution >= 4 is 16.5 Å². The predicted molar refractivity (Wildman–Crippen MR) is 76.5 cm³/mol. The fraction of sp³-hybridized carbons (Fsp3) is 0.125. The number of hydrogen-bond donors (Lipinski definition) is 0. The minimum Gasteiger partial charge on any atom is -0.351 e. The lowest BCUT2D eigenvalue weighted by molar-refractivity contribution is 0.909. The summed E-state index contributed by atoms with van der Waals surface area (Å²) in [6.45, 7) is 4.26. The third kappa shape index (κ3) is 1.50. The number of para-hydroxylation sites is 1. The fourth-order valence-electron chi connectivity index (χ4n) is 2.51. The van der Waals surface area contributed by atoms with Crippen molar-refractivity contribution in [1.29, 1.82) is 0 Å². The molecule has 0 unspecified atom stereocenters. The Bertz CT molecular complexity index is 728. The summed E-state index contributed by atoms with van der Waals surface area (Å²) in [6.07, 6.45) is 4.14. The molecule has 18 heavy (non-hydrogen) atoms. The minimum atomic E-state index is 1.06. The first-order valence-electron chi connectivity index (χ1n) is 6.03. The van der Waals surface area contributed by atoms with E-state index in [1.54, 1.807) is 0 Å². The Morgan fingerprint density at radius 3 is 2.50 bits per heavy atom. The van der Waals surface area contributed by atoms with Gasteiger partial charge in [0.1, 0.15) is 0 Å². The average molecular weight is 236 g/mol. The zero-order valence-corrected chi connectivity index (χ0v) is 10.7. The maximum absolute atomic E-state index is 4.26. The smallest absolute Gasteiger partial charge is 0.0557 e. The lowest BCUT2D eigenvalue weighted by atomic mass is 10.0. The highest BCUT2D eigenvalue weighted by Gasteiger charge is 2.10. The Kier molecular flexibility index (Phi) is 2.37. The molecule has 2 heterocycles. The number of benzene rings is 1. The van der Waals surface area contributed by atoms with Crippen LogP contribution in [0.25, 0.3) is 16.5 Å². The van der Waals surface area contributed by atoms with Crippen LogP contribution in [-0.2, 0) is 14.1 Å². The van der Waals surface area contributed by atoms with Crippen molar-refractivity contribution in [2.45, 2.75) is 0 Å². The van der Waals surface area contributed by atoms with Gasteiger partial charge in [0.05, 0.1) is 5.52 Å². The van der Waals surface area contributed by atoms with Gasteiger partial charge in [-0.05, 0) is 18.2 Å². The monoisotopic (exact) mass is 236 g/mol. The van der Waals surface area contributed by atoms with Crippen LogP contribution >= 0.6 is 0 Å². The predicted octanol–water partition coefficient (Wildman–Crippen LogP) is 3.58. The fourth-order valence-corrected chi connectivity index (χ4v) is 2.51. The Labute approximate surface area is 107 Å². The van der Waals surface area contributed by atoms with Crippen molar-refractivity contribution in [2.24, 2.45) is 14.1 Å². The SMILES string of the molecule is C=C(c1cccc2ccn(C)c12)c1cccn1C. The van der Waals surface area contributed by atoms with Crippen LogP contribution in [-0.4, -0.2) is 9.13 Å². The van der Waals surface area contributed by atoms with E-state index in [0.717, 1.165) is 11.3 Å². The molecule has 0 bridgehead atoms. The highest BCUT2D eigenvalue weighted by molar-refractivity contribution is 5.95. The number of rotatable bonds is 2. The van der Waals surface area contributed by atoms with E-state index in [9.17, 15) is 0 Å². The van der Waals surface area contributed by atoms with Crippen LogP contribution in [0.15, 0.2) is 55.4 Å². The normalized spacial score (nSPS) is 11.0. The molecule has 1 aromatic carbocycles. The number of fused-ring (bicyclic) bond motifs is 1. The van der Waals surface area contributed by atoms with E-state index in [0.29, 0.717) is 0 Å². The maximum Gasteiger partial charge on any atom is 0.0557 e. The van der Waals surface area contributed by atoms with Crippen molar-refractivity contribution in [2.75, 3.05) is 0 Å². The quantitative estimate of drug-likeness (QED) is 0.643. The van der Waals surface area contributed by atoms with E-state index in [4.69, 9.17) is 0 Å². The number of nitrogens with zero attached hydrogens (tertiary/aromatic N) is 2. The van der Waals surface area contributed by atoms with Gasteiger partial charge in [-0.1, -0.05) is 24.8 Å². The van der Waals surface area contributed by atoms with Crippen molar-refractivity contribution in [1.82, 2.24) is 9.13 Å². The zero-order chi connectivity index (χ0) is 12.7. The largest absolute Gasteiger partial charge is 0.351 e. The first-order chi connectivity index (χ1) is 8.68. The Morgan fingerprint density at radius 2 is 1.78 bits per heavy atom. The molecule has 0 aliphatic carbocycles. The number of aryl methyl sites for hydroxylation is 2. The summed E-state index contributed by atoms with van der Waals surface area (Å²) >= 11 is 0. The molecule has 0 fully saturated rings. The lowest BCUT2D eigenvalue weighted by Gasteiger charge is -2.10. The lowest BCUT2D eigenvalue weighted by Crippen LogP contribution is -1.97. The highest BCUT2D eigenvalue weighted by atomic mass is 14.9. The molecule has 2 nitrogen and oxygen atoms in total. The van der Waals surface area contributed by atoms with E-state index < -0.39 is 0 Å². The molecule has 0 spiro atoms. The summed E-state index contributed by atoms with van der Waals surface area (Å²) in [5, 5.41) is 1.25. The molecule has 0 radical (unpaired) electrons.